The second-order valence-electron chi connectivity index (χ2n) is 4.15. The summed E-state index contributed by atoms with van der Waals surface area (Å²) in [5.74, 6) is 2.00. The van der Waals surface area contributed by atoms with Crippen LogP contribution in [0.3, 0.4) is 0 Å². The minimum Gasteiger partial charge on any atom is -0.368 e. The van der Waals surface area contributed by atoms with Gasteiger partial charge in [0.15, 0.2) is 0 Å². The Morgan fingerprint density at radius 1 is 1.21 bits per heavy atom. The van der Waals surface area contributed by atoms with Gasteiger partial charge in [-0.15, -0.1) is 0 Å². The molecule has 0 saturated carbocycles. The standard InChI is InChI=1S/C13H18N4OS/c1-3-14-13-16-11-7-5-4-6-10(11)12(17-13)15-8-9-19(2)18/h4-7H,3,8-9H2,1-2H3,(H2,14,15,16,17). The van der Waals surface area contributed by atoms with Gasteiger partial charge in [-0.05, 0) is 19.1 Å². The van der Waals surface area contributed by atoms with Crippen molar-refractivity contribution in [1.82, 2.24) is 9.97 Å². The molecule has 102 valence electrons. The minimum atomic E-state index is -0.803. The lowest BCUT2D eigenvalue weighted by Crippen LogP contribution is -2.12. The van der Waals surface area contributed by atoms with Gasteiger partial charge in [0.2, 0.25) is 5.95 Å². The van der Waals surface area contributed by atoms with Gasteiger partial charge in [-0.3, -0.25) is 4.21 Å². The summed E-state index contributed by atoms with van der Waals surface area (Å²) in [5, 5.41) is 7.33. The lowest BCUT2D eigenvalue weighted by atomic mass is 10.2. The molecule has 2 rings (SSSR count). The van der Waals surface area contributed by atoms with Crippen molar-refractivity contribution in [2.24, 2.45) is 0 Å². The topological polar surface area (TPSA) is 66.9 Å². The minimum absolute atomic E-state index is 0.606. The van der Waals surface area contributed by atoms with E-state index in [0.717, 1.165) is 23.3 Å². The van der Waals surface area contributed by atoms with Gasteiger partial charge < -0.3 is 10.6 Å². The summed E-state index contributed by atoms with van der Waals surface area (Å²) in [6, 6.07) is 7.86. The van der Waals surface area contributed by atoms with Crippen LogP contribution in [-0.4, -0.2) is 39.3 Å². The Morgan fingerprint density at radius 2 is 2.00 bits per heavy atom. The van der Waals surface area contributed by atoms with Crippen LogP contribution in [0.2, 0.25) is 0 Å². The first kappa shape index (κ1) is 13.7. The molecule has 2 aromatic rings. The van der Waals surface area contributed by atoms with Crippen molar-refractivity contribution in [1.29, 1.82) is 0 Å². The molecule has 5 nitrogen and oxygen atoms in total. The highest BCUT2D eigenvalue weighted by Gasteiger charge is 2.06. The molecule has 0 aliphatic carbocycles. The van der Waals surface area contributed by atoms with Crippen molar-refractivity contribution in [2.45, 2.75) is 6.92 Å². The average Bonchev–Trinajstić information content (AvgIpc) is 2.38. The number of aromatic nitrogens is 2. The monoisotopic (exact) mass is 278 g/mol. The van der Waals surface area contributed by atoms with Gasteiger partial charge in [0.25, 0.3) is 0 Å². The summed E-state index contributed by atoms with van der Waals surface area (Å²) in [6.07, 6.45) is 1.70. The second-order valence-corrected chi connectivity index (χ2v) is 5.70. The third kappa shape index (κ3) is 3.64. The Bertz CT molecular complexity index is 588. The predicted octanol–water partition coefficient (Wildman–Crippen LogP) is 1.85. The molecule has 0 radical (unpaired) electrons. The first-order chi connectivity index (χ1) is 9.20. The van der Waals surface area contributed by atoms with Crippen molar-refractivity contribution in [3.05, 3.63) is 24.3 Å². The number of para-hydroxylation sites is 1. The van der Waals surface area contributed by atoms with E-state index in [2.05, 4.69) is 20.6 Å². The molecule has 0 aliphatic heterocycles. The average molecular weight is 278 g/mol. The molecular formula is C13H18N4OS. The molecule has 0 fully saturated rings. The Labute approximate surface area is 115 Å². The molecular weight excluding hydrogens is 260 g/mol. The number of rotatable bonds is 6. The fourth-order valence-corrected chi connectivity index (χ4v) is 2.15. The van der Waals surface area contributed by atoms with Gasteiger partial charge in [-0.1, -0.05) is 12.1 Å². The molecule has 0 bridgehead atoms. The zero-order chi connectivity index (χ0) is 13.7. The van der Waals surface area contributed by atoms with Crippen LogP contribution >= 0.6 is 0 Å². The fourth-order valence-electron chi connectivity index (χ4n) is 1.76. The fraction of sp³-hybridized carbons (Fsp3) is 0.385. The normalized spacial score (nSPS) is 12.3. The molecule has 0 spiro atoms. The SMILES string of the molecule is CCNc1nc(NCCS(C)=O)c2ccccc2n1. The zero-order valence-electron chi connectivity index (χ0n) is 11.1. The van der Waals surface area contributed by atoms with E-state index in [4.69, 9.17) is 0 Å². The molecule has 2 N–H and O–H groups in total. The van der Waals surface area contributed by atoms with Gasteiger partial charge in [-0.2, -0.15) is 4.98 Å². The number of fused-ring (bicyclic) bond motifs is 1. The van der Waals surface area contributed by atoms with Crippen LogP contribution in [0, 0.1) is 0 Å². The highest BCUT2D eigenvalue weighted by atomic mass is 32.2. The van der Waals surface area contributed by atoms with Crippen LogP contribution in [-0.2, 0) is 10.8 Å². The van der Waals surface area contributed by atoms with Crippen molar-refractivity contribution in [2.75, 3.05) is 35.7 Å². The van der Waals surface area contributed by atoms with Crippen LogP contribution in [0.15, 0.2) is 24.3 Å². The molecule has 0 aliphatic rings. The summed E-state index contributed by atoms with van der Waals surface area (Å²) >= 11 is 0. The van der Waals surface area contributed by atoms with Crippen LogP contribution in [0.25, 0.3) is 10.9 Å². The lowest BCUT2D eigenvalue weighted by Gasteiger charge is -2.10. The Balaban J connectivity index is 2.30. The number of anilines is 2. The largest absolute Gasteiger partial charge is 0.368 e. The van der Waals surface area contributed by atoms with Gasteiger partial charge >= 0.3 is 0 Å². The zero-order valence-corrected chi connectivity index (χ0v) is 12.0. The molecule has 1 atom stereocenters. The van der Waals surface area contributed by atoms with E-state index >= 15 is 0 Å². The van der Waals surface area contributed by atoms with Crippen LogP contribution in [0.4, 0.5) is 11.8 Å². The predicted molar refractivity (Wildman–Crippen MR) is 81.1 cm³/mol. The highest BCUT2D eigenvalue weighted by Crippen LogP contribution is 2.21. The smallest absolute Gasteiger partial charge is 0.225 e. The van der Waals surface area contributed by atoms with E-state index in [9.17, 15) is 4.21 Å². The number of hydrogen-bond acceptors (Lipinski definition) is 5. The van der Waals surface area contributed by atoms with Gasteiger partial charge in [0.1, 0.15) is 5.82 Å². The summed E-state index contributed by atoms with van der Waals surface area (Å²) in [7, 11) is -0.803. The molecule has 1 aromatic carbocycles. The molecule has 1 heterocycles. The number of benzene rings is 1. The van der Waals surface area contributed by atoms with Crippen molar-refractivity contribution >= 4 is 33.5 Å². The van der Waals surface area contributed by atoms with Crippen LogP contribution in [0.1, 0.15) is 6.92 Å². The molecule has 1 unspecified atom stereocenters. The molecule has 19 heavy (non-hydrogen) atoms. The number of nitrogens with zero attached hydrogens (tertiary/aromatic N) is 2. The maximum atomic E-state index is 11.1. The Kier molecular flexibility index (Phi) is 4.68. The Hall–Kier alpha value is -1.69. The summed E-state index contributed by atoms with van der Waals surface area (Å²) in [4.78, 5) is 8.90. The van der Waals surface area contributed by atoms with Gasteiger partial charge in [0.05, 0.1) is 5.52 Å². The summed E-state index contributed by atoms with van der Waals surface area (Å²) in [5.41, 5.74) is 0.897. The molecule has 0 amide bonds. The summed E-state index contributed by atoms with van der Waals surface area (Å²) < 4.78 is 11.1. The van der Waals surface area contributed by atoms with E-state index in [1.54, 1.807) is 6.26 Å². The third-order valence-electron chi connectivity index (χ3n) is 2.62. The second kappa shape index (κ2) is 6.47. The van der Waals surface area contributed by atoms with E-state index in [1.807, 2.05) is 31.2 Å². The quantitative estimate of drug-likeness (QED) is 0.844. The first-order valence-electron chi connectivity index (χ1n) is 6.25. The maximum absolute atomic E-state index is 11.1. The van der Waals surface area contributed by atoms with Crippen LogP contribution < -0.4 is 10.6 Å². The van der Waals surface area contributed by atoms with Crippen LogP contribution in [0.5, 0.6) is 0 Å². The molecule has 0 saturated heterocycles. The number of hydrogen-bond donors (Lipinski definition) is 2. The van der Waals surface area contributed by atoms with Gasteiger partial charge in [-0.25, -0.2) is 4.98 Å². The van der Waals surface area contributed by atoms with E-state index in [-0.39, 0.29) is 0 Å². The Morgan fingerprint density at radius 3 is 2.74 bits per heavy atom. The highest BCUT2D eigenvalue weighted by molar-refractivity contribution is 7.84. The van der Waals surface area contributed by atoms with E-state index < -0.39 is 10.8 Å². The van der Waals surface area contributed by atoms with E-state index in [1.165, 1.54) is 0 Å². The van der Waals surface area contributed by atoms with Crippen molar-refractivity contribution < 1.29 is 4.21 Å². The molecule has 1 aromatic heterocycles. The maximum Gasteiger partial charge on any atom is 0.225 e. The first-order valence-corrected chi connectivity index (χ1v) is 7.98. The lowest BCUT2D eigenvalue weighted by molar-refractivity contribution is 0.687. The third-order valence-corrected chi connectivity index (χ3v) is 3.40. The number of nitrogens with one attached hydrogen (secondary N) is 2. The van der Waals surface area contributed by atoms with Crippen molar-refractivity contribution in [3.8, 4) is 0 Å². The summed E-state index contributed by atoms with van der Waals surface area (Å²) in [6.45, 7) is 3.42. The van der Waals surface area contributed by atoms with Crippen molar-refractivity contribution in [3.63, 3.8) is 0 Å². The van der Waals surface area contributed by atoms with Gasteiger partial charge in [0, 0.05) is 41.3 Å². The van der Waals surface area contributed by atoms with E-state index in [0.29, 0.717) is 18.2 Å². The molecule has 6 heteroatoms.